The molecule has 0 unspecified atom stereocenters. The van der Waals surface area contributed by atoms with Gasteiger partial charge in [-0.15, -0.1) is 11.3 Å². The molecular formula is C18H15N3OS. The topological polar surface area (TPSA) is 57.9 Å². The van der Waals surface area contributed by atoms with Gasteiger partial charge >= 0.3 is 0 Å². The number of rotatable bonds is 5. The molecule has 1 heterocycles. The Morgan fingerprint density at radius 3 is 2.74 bits per heavy atom. The molecule has 0 atom stereocenters. The molecule has 0 radical (unpaired) electrons. The van der Waals surface area contributed by atoms with Crippen molar-refractivity contribution in [3.63, 3.8) is 0 Å². The van der Waals surface area contributed by atoms with E-state index in [1.165, 1.54) is 11.3 Å². The second kappa shape index (κ2) is 6.95. The smallest absolute Gasteiger partial charge is 0.136 e. The molecule has 4 nitrogen and oxygen atoms in total. The van der Waals surface area contributed by atoms with Crippen molar-refractivity contribution < 1.29 is 4.74 Å². The standard InChI is InChI=1S/C18H15N3OS/c1-2-22-15-9-7-14(8-10-15)20-12-13(11-19)18-21-16-5-3-4-6-17(16)23-18/h3-10,12,20H,2H2,1H3/b13-12-. The number of nitriles is 1. The summed E-state index contributed by atoms with van der Waals surface area (Å²) in [5.41, 5.74) is 2.32. The van der Waals surface area contributed by atoms with Crippen LogP contribution in [-0.4, -0.2) is 11.6 Å². The molecule has 0 saturated heterocycles. The maximum Gasteiger partial charge on any atom is 0.136 e. The highest BCUT2D eigenvalue weighted by atomic mass is 32.1. The predicted molar refractivity (Wildman–Crippen MR) is 94.4 cm³/mol. The van der Waals surface area contributed by atoms with Gasteiger partial charge in [-0.1, -0.05) is 12.1 Å². The highest BCUT2D eigenvalue weighted by Gasteiger charge is 2.08. The summed E-state index contributed by atoms with van der Waals surface area (Å²) in [4.78, 5) is 4.50. The molecule has 0 fully saturated rings. The minimum Gasteiger partial charge on any atom is -0.494 e. The number of allylic oxidation sites excluding steroid dienone is 1. The van der Waals surface area contributed by atoms with Gasteiger partial charge in [-0.3, -0.25) is 0 Å². The van der Waals surface area contributed by atoms with Crippen molar-refractivity contribution in [1.82, 2.24) is 4.98 Å². The number of hydrogen-bond acceptors (Lipinski definition) is 5. The third-order valence-corrected chi connectivity index (χ3v) is 4.26. The summed E-state index contributed by atoms with van der Waals surface area (Å²) in [7, 11) is 0. The van der Waals surface area contributed by atoms with Crippen molar-refractivity contribution >= 4 is 32.8 Å². The van der Waals surface area contributed by atoms with Crippen LogP contribution in [0.4, 0.5) is 5.69 Å². The lowest BCUT2D eigenvalue weighted by molar-refractivity contribution is 0.340. The van der Waals surface area contributed by atoms with Gasteiger partial charge in [-0.05, 0) is 43.3 Å². The Morgan fingerprint density at radius 2 is 2.04 bits per heavy atom. The molecule has 3 aromatic rings. The molecule has 0 saturated carbocycles. The molecule has 0 spiro atoms. The van der Waals surface area contributed by atoms with Gasteiger partial charge in [0.15, 0.2) is 0 Å². The van der Waals surface area contributed by atoms with Gasteiger partial charge in [0.1, 0.15) is 22.4 Å². The summed E-state index contributed by atoms with van der Waals surface area (Å²) in [6.45, 7) is 2.59. The fraction of sp³-hybridized carbons (Fsp3) is 0.111. The lowest BCUT2D eigenvalue weighted by Crippen LogP contribution is -1.93. The summed E-state index contributed by atoms with van der Waals surface area (Å²) >= 11 is 1.51. The number of anilines is 1. The van der Waals surface area contributed by atoms with Gasteiger partial charge in [0, 0.05) is 11.9 Å². The number of fused-ring (bicyclic) bond motifs is 1. The Hall–Kier alpha value is -2.84. The van der Waals surface area contributed by atoms with Crippen LogP contribution in [0.15, 0.2) is 54.7 Å². The Labute approximate surface area is 138 Å². The van der Waals surface area contributed by atoms with E-state index in [-0.39, 0.29) is 0 Å². The van der Waals surface area contributed by atoms with Gasteiger partial charge < -0.3 is 10.1 Å². The maximum atomic E-state index is 9.39. The molecule has 0 amide bonds. The number of thiazole rings is 1. The van der Waals surface area contributed by atoms with E-state index in [9.17, 15) is 5.26 Å². The summed E-state index contributed by atoms with van der Waals surface area (Å²) in [5, 5.41) is 13.2. The molecule has 0 aliphatic carbocycles. The maximum absolute atomic E-state index is 9.39. The molecule has 0 bridgehead atoms. The fourth-order valence-electron chi connectivity index (χ4n) is 2.10. The number of nitrogens with one attached hydrogen (secondary N) is 1. The lowest BCUT2D eigenvalue weighted by Gasteiger charge is -2.05. The predicted octanol–water partition coefficient (Wildman–Crippen LogP) is 4.67. The zero-order valence-electron chi connectivity index (χ0n) is 12.6. The zero-order valence-corrected chi connectivity index (χ0v) is 13.4. The Bertz CT molecular complexity index is 842. The zero-order chi connectivity index (χ0) is 16.1. The first-order valence-electron chi connectivity index (χ1n) is 7.26. The number of para-hydroxylation sites is 1. The molecule has 0 aliphatic rings. The monoisotopic (exact) mass is 321 g/mol. The van der Waals surface area contributed by atoms with Crippen molar-refractivity contribution in [2.75, 3.05) is 11.9 Å². The largest absolute Gasteiger partial charge is 0.494 e. The number of nitrogens with zero attached hydrogens (tertiary/aromatic N) is 2. The van der Waals surface area contributed by atoms with Crippen molar-refractivity contribution in [1.29, 1.82) is 5.26 Å². The van der Waals surface area contributed by atoms with E-state index >= 15 is 0 Å². The summed E-state index contributed by atoms with van der Waals surface area (Å²) in [6.07, 6.45) is 1.69. The molecule has 3 rings (SSSR count). The number of hydrogen-bond donors (Lipinski definition) is 1. The van der Waals surface area contributed by atoms with E-state index in [2.05, 4.69) is 16.4 Å². The third-order valence-electron chi connectivity index (χ3n) is 3.19. The van der Waals surface area contributed by atoms with Gasteiger partial charge in [0.2, 0.25) is 0 Å². The van der Waals surface area contributed by atoms with Gasteiger partial charge in [-0.2, -0.15) is 5.26 Å². The number of benzene rings is 2. The molecule has 2 aromatic carbocycles. The Kier molecular flexibility index (Phi) is 4.55. The average Bonchev–Trinajstić information content (AvgIpc) is 3.01. The first-order valence-corrected chi connectivity index (χ1v) is 8.07. The van der Waals surface area contributed by atoms with Crippen LogP contribution in [0.1, 0.15) is 11.9 Å². The van der Waals surface area contributed by atoms with Gasteiger partial charge in [0.05, 0.1) is 16.8 Å². The first kappa shape index (κ1) is 15.1. The van der Waals surface area contributed by atoms with Crippen molar-refractivity contribution in [2.24, 2.45) is 0 Å². The van der Waals surface area contributed by atoms with Crippen LogP contribution in [0.25, 0.3) is 15.8 Å². The van der Waals surface area contributed by atoms with Crippen molar-refractivity contribution in [2.45, 2.75) is 6.92 Å². The normalized spacial score (nSPS) is 11.2. The van der Waals surface area contributed by atoms with Crippen LogP contribution in [0.2, 0.25) is 0 Å². The molecule has 5 heteroatoms. The van der Waals surface area contributed by atoms with Gasteiger partial charge in [-0.25, -0.2) is 4.98 Å². The molecule has 1 N–H and O–H groups in total. The van der Waals surface area contributed by atoms with E-state index in [1.54, 1.807) is 6.20 Å². The van der Waals surface area contributed by atoms with E-state index in [0.717, 1.165) is 21.7 Å². The second-order valence-electron chi connectivity index (χ2n) is 4.76. The van der Waals surface area contributed by atoms with Crippen LogP contribution in [-0.2, 0) is 0 Å². The fourth-order valence-corrected chi connectivity index (χ4v) is 3.03. The van der Waals surface area contributed by atoms with E-state index in [0.29, 0.717) is 17.2 Å². The molecule has 114 valence electrons. The van der Waals surface area contributed by atoms with Crippen molar-refractivity contribution in [3.8, 4) is 11.8 Å². The minimum atomic E-state index is 0.514. The van der Waals surface area contributed by atoms with Crippen LogP contribution < -0.4 is 10.1 Å². The highest BCUT2D eigenvalue weighted by Crippen LogP contribution is 2.26. The third kappa shape index (κ3) is 3.50. The molecule has 23 heavy (non-hydrogen) atoms. The quantitative estimate of drug-likeness (QED) is 0.694. The summed E-state index contributed by atoms with van der Waals surface area (Å²) in [5.74, 6) is 0.828. The first-order chi connectivity index (χ1) is 11.3. The highest BCUT2D eigenvalue weighted by molar-refractivity contribution is 7.19. The van der Waals surface area contributed by atoms with Crippen molar-refractivity contribution in [3.05, 3.63) is 59.7 Å². The molecule has 1 aromatic heterocycles. The van der Waals surface area contributed by atoms with Crippen LogP contribution in [0.3, 0.4) is 0 Å². The summed E-state index contributed by atoms with van der Waals surface area (Å²) in [6, 6.07) is 17.7. The minimum absolute atomic E-state index is 0.514. The lowest BCUT2D eigenvalue weighted by atomic mass is 10.3. The summed E-state index contributed by atoms with van der Waals surface area (Å²) < 4.78 is 6.48. The number of ether oxygens (including phenoxy) is 1. The SMILES string of the molecule is CCOc1ccc(N/C=C(/C#N)c2nc3ccccc3s2)cc1. The Morgan fingerprint density at radius 1 is 1.26 bits per heavy atom. The molecule has 0 aliphatic heterocycles. The van der Waals surface area contributed by atoms with E-state index in [4.69, 9.17) is 4.74 Å². The van der Waals surface area contributed by atoms with E-state index in [1.807, 2.05) is 55.5 Å². The number of aromatic nitrogens is 1. The Balaban J connectivity index is 1.80. The van der Waals surface area contributed by atoms with Crippen LogP contribution >= 0.6 is 11.3 Å². The van der Waals surface area contributed by atoms with E-state index < -0.39 is 0 Å². The van der Waals surface area contributed by atoms with Gasteiger partial charge in [0.25, 0.3) is 0 Å². The average molecular weight is 321 g/mol. The van der Waals surface area contributed by atoms with Crippen LogP contribution in [0, 0.1) is 11.3 Å². The van der Waals surface area contributed by atoms with Crippen LogP contribution in [0.5, 0.6) is 5.75 Å². The molecular weight excluding hydrogens is 306 g/mol. The second-order valence-corrected chi connectivity index (χ2v) is 5.79.